The van der Waals surface area contributed by atoms with Gasteiger partial charge in [-0.25, -0.2) is 0 Å². The second-order valence-corrected chi connectivity index (χ2v) is 18.2. The Morgan fingerprint density at radius 2 is 1.44 bits per heavy atom. The lowest BCUT2D eigenvalue weighted by Gasteiger charge is -2.39. The number of ether oxygens (including phenoxy) is 1. The highest BCUT2D eigenvalue weighted by atomic mass is 28.4. The molecular weight excluding hydrogens is 256 g/mol. The summed E-state index contributed by atoms with van der Waals surface area (Å²) >= 11 is 0. The lowest BCUT2D eigenvalue weighted by Crippen LogP contribution is -2.44. The minimum Gasteiger partial charge on any atom is -0.417 e. The van der Waals surface area contributed by atoms with Crippen molar-refractivity contribution in [3.63, 3.8) is 0 Å². The van der Waals surface area contributed by atoms with Crippen LogP contribution in [0, 0.1) is 0 Å². The summed E-state index contributed by atoms with van der Waals surface area (Å²) in [6.07, 6.45) is 0. The van der Waals surface area contributed by atoms with Crippen molar-refractivity contribution in [2.24, 2.45) is 0 Å². The molecule has 0 radical (unpaired) electrons. The van der Waals surface area contributed by atoms with E-state index >= 15 is 0 Å². The van der Waals surface area contributed by atoms with E-state index in [9.17, 15) is 0 Å². The van der Waals surface area contributed by atoms with E-state index in [-0.39, 0.29) is 0 Å². The third-order valence-corrected chi connectivity index (χ3v) is 11.5. The molecule has 1 unspecified atom stereocenters. The molecule has 0 aliphatic carbocycles. The van der Waals surface area contributed by atoms with E-state index < -0.39 is 16.4 Å². The lowest BCUT2D eigenvalue weighted by atomic mass is 10.2. The molecule has 0 saturated carbocycles. The molecule has 0 rings (SSSR count). The summed E-state index contributed by atoms with van der Waals surface area (Å²) in [5, 5.41) is 0.294. The van der Waals surface area contributed by atoms with Crippen LogP contribution in [0.5, 0.6) is 0 Å². The van der Waals surface area contributed by atoms with Crippen molar-refractivity contribution in [3.05, 3.63) is 0 Å². The Morgan fingerprint density at radius 3 is 1.78 bits per heavy atom. The lowest BCUT2D eigenvalue weighted by molar-refractivity contribution is 0.126. The van der Waals surface area contributed by atoms with Gasteiger partial charge < -0.3 is 9.16 Å². The summed E-state index contributed by atoms with van der Waals surface area (Å²) in [5.74, 6) is 0. The van der Waals surface area contributed by atoms with Crippen LogP contribution >= 0.6 is 0 Å². The first-order chi connectivity index (χ1) is 7.92. The van der Waals surface area contributed by atoms with E-state index in [4.69, 9.17) is 9.16 Å². The van der Waals surface area contributed by atoms with Crippen LogP contribution in [0.1, 0.15) is 27.7 Å². The summed E-state index contributed by atoms with van der Waals surface area (Å²) in [4.78, 5) is 0. The van der Waals surface area contributed by atoms with Crippen molar-refractivity contribution >= 4 is 16.4 Å². The Labute approximate surface area is 117 Å². The minimum absolute atomic E-state index is 0.294. The summed E-state index contributed by atoms with van der Waals surface area (Å²) in [6, 6.07) is 0. The van der Waals surface area contributed by atoms with Crippen LogP contribution in [0.3, 0.4) is 0 Å². The summed E-state index contributed by atoms with van der Waals surface area (Å²) in [7, 11) is -2.83. The standard InChI is InChI=1S/C14H34O2Si2/c1-10-15-11-13(17(5,6)7)12-16-18(8,9)14(2,3)4/h13H,10-12H2,1-9H3. The largest absolute Gasteiger partial charge is 0.417 e. The van der Waals surface area contributed by atoms with E-state index in [2.05, 4.69) is 60.4 Å². The second kappa shape index (κ2) is 6.68. The van der Waals surface area contributed by atoms with Crippen molar-refractivity contribution in [1.82, 2.24) is 0 Å². The van der Waals surface area contributed by atoms with Crippen molar-refractivity contribution < 1.29 is 9.16 Å². The summed E-state index contributed by atoms with van der Waals surface area (Å²) < 4.78 is 12.0. The Hall–Kier alpha value is 0.354. The van der Waals surface area contributed by atoms with Crippen molar-refractivity contribution in [2.45, 2.75) is 71.0 Å². The molecule has 0 aliphatic rings. The van der Waals surface area contributed by atoms with Gasteiger partial charge in [0.05, 0.1) is 8.07 Å². The van der Waals surface area contributed by atoms with Gasteiger partial charge in [0, 0.05) is 19.8 Å². The fraction of sp³-hybridized carbons (Fsp3) is 1.00. The normalized spacial score (nSPS) is 15.8. The Kier molecular flexibility index (Phi) is 6.81. The van der Waals surface area contributed by atoms with Crippen LogP contribution in [0.2, 0.25) is 43.3 Å². The van der Waals surface area contributed by atoms with Crippen molar-refractivity contribution in [2.75, 3.05) is 19.8 Å². The van der Waals surface area contributed by atoms with E-state index in [1.807, 2.05) is 0 Å². The van der Waals surface area contributed by atoms with Gasteiger partial charge in [-0.05, 0) is 30.6 Å². The van der Waals surface area contributed by atoms with Gasteiger partial charge in [0.1, 0.15) is 0 Å². The van der Waals surface area contributed by atoms with Gasteiger partial charge >= 0.3 is 0 Å². The third-order valence-electron chi connectivity index (χ3n) is 4.20. The number of rotatable bonds is 7. The molecule has 0 aromatic rings. The van der Waals surface area contributed by atoms with E-state index in [0.29, 0.717) is 10.6 Å². The van der Waals surface area contributed by atoms with Crippen LogP contribution in [0.4, 0.5) is 0 Å². The SMILES string of the molecule is CCOCC(CO[Si](C)(C)C(C)(C)C)[Si](C)(C)C. The second-order valence-electron chi connectivity index (χ2n) is 7.79. The first-order valence-electron chi connectivity index (χ1n) is 7.13. The van der Waals surface area contributed by atoms with Crippen LogP contribution in [0.15, 0.2) is 0 Å². The van der Waals surface area contributed by atoms with Crippen LogP contribution in [-0.4, -0.2) is 36.2 Å². The van der Waals surface area contributed by atoms with Crippen LogP contribution < -0.4 is 0 Å². The molecule has 18 heavy (non-hydrogen) atoms. The first-order valence-corrected chi connectivity index (χ1v) is 13.6. The predicted molar refractivity (Wildman–Crippen MR) is 86.7 cm³/mol. The fourth-order valence-corrected chi connectivity index (χ4v) is 3.75. The topological polar surface area (TPSA) is 18.5 Å². The zero-order chi connectivity index (χ0) is 14.6. The molecule has 0 saturated heterocycles. The van der Waals surface area contributed by atoms with Gasteiger partial charge in [-0.15, -0.1) is 0 Å². The third kappa shape index (κ3) is 6.00. The molecule has 0 aliphatic heterocycles. The average Bonchev–Trinajstić information content (AvgIpc) is 2.13. The highest BCUT2D eigenvalue weighted by molar-refractivity contribution is 6.78. The summed E-state index contributed by atoms with van der Waals surface area (Å²) in [5.41, 5.74) is 0.603. The minimum atomic E-state index is -1.62. The molecule has 110 valence electrons. The number of hydrogen-bond donors (Lipinski definition) is 0. The molecule has 1 atom stereocenters. The molecule has 0 fully saturated rings. The zero-order valence-electron chi connectivity index (χ0n) is 14.0. The Morgan fingerprint density at radius 1 is 0.944 bits per heavy atom. The van der Waals surface area contributed by atoms with E-state index in [1.165, 1.54) is 0 Å². The molecule has 0 spiro atoms. The van der Waals surface area contributed by atoms with Crippen LogP contribution in [-0.2, 0) is 9.16 Å². The Bertz CT molecular complexity index is 239. The quantitative estimate of drug-likeness (QED) is 0.630. The first kappa shape index (κ1) is 18.4. The molecule has 0 aromatic heterocycles. The monoisotopic (exact) mass is 290 g/mol. The highest BCUT2D eigenvalue weighted by Gasteiger charge is 2.38. The van der Waals surface area contributed by atoms with Gasteiger partial charge in [-0.2, -0.15) is 0 Å². The maximum absolute atomic E-state index is 6.37. The van der Waals surface area contributed by atoms with E-state index in [1.54, 1.807) is 0 Å². The molecular formula is C14H34O2Si2. The highest BCUT2D eigenvalue weighted by Crippen LogP contribution is 2.37. The molecule has 2 nitrogen and oxygen atoms in total. The summed E-state index contributed by atoms with van der Waals surface area (Å²) in [6.45, 7) is 23.4. The van der Waals surface area contributed by atoms with Crippen molar-refractivity contribution in [3.8, 4) is 0 Å². The average molecular weight is 291 g/mol. The van der Waals surface area contributed by atoms with Gasteiger partial charge in [0.2, 0.25) is 0 Å². The van der Waals surface area contributed by atoms with E-state index in [0.717, 1.165) is 19.8 Å². The maximum Gasteiger partial charge on any atom is 0.191 e. The molecule has 4 heteroatoms. The number of hydrogen-bond acceptors (Lipinski definition) is 2. The molecule has 0 heterocycles. The zero-order valence-corrected chi connectivity index (χ0v) is 16.0. The fourth-order valence-electron chi connectivity index (χ4n) is 1.33. The molecule has 0 amide bonds. The van der Waals surface area contributed by atoms with Gasteiger partial charge in [0.25, 0.3) is 0 Å². The molecule has 0 aromatic carbocycles. The smallest absolute Gasteiger partial charge is 0.191 e. The predicted octanol–water partition coefficient (Wildman–Crippen LogP) is 4.75. The maximum atomic E-state index is 6.37. The Balaban J connectivity index is 4.53. The van der Waals surface area contributed by atoms with Gasteiger partial charge in [0.15, 0.2) is 8.32 Å². The van der Waals surface area contributed by atoms with Crippen LogP contribution in [0.25, 0.3) is 0 Å². The molecule has 0 N–H and O–H groups in total. The van der Waals surface area contributed by atoms with Gasteiger partial charge in [-0.1, -0.05) is 40.4 Å². The molecule has 0 bridgehead atoms. The van der Waals surface area contributed by atoms with Gasteiger partial charge in [-0.3, -0.25) is 0 Å². The van der Waals surface area contributed by atoms with Crippen molar-refractivity contribution in [1.29, 1.82) is 0 Å².